The first-order valence-electron chi connectivity index (χ1n) is 7.00. The number of nitrogens with zero attached hydrogens (tertiary/aromatic N) is 1. The summed E-state index contributed by atoms with van der Waals surface area (Å²) in [5, 5.41) is 19.4. The summed E-state index contributed by atoms with van der Waals surface area (Å²) in [5.74, 6) is 0. The molecule has 1 fully saturated rings. The second kappa shape index (κ2) is 7.52. The highest BCUT2D eigenvalue weighted by Crippen LogP contribution is 2.22. The van der Waals surface area contributed by atoms with Gasteiger partial charge in [0.25, 0.3) is 0 Å². The van der Waals surface area contributed by atoms with Crippen LogP contribution >= 0.6 is 15.9 Å². The van der Waals surface area contributed by atoms with Crippen molar-refractivity contribution in [1.29, 1.82) is 0 Å². The van der Waals surface area contributed by atoms with E-state index in [1.165, 1.54) is 0 Å². The monoisotopic (exact) mass is 343 g/mol. The predicted octanol–water partition coefficient (Wildman–Crippen LogP) is 1.95. The van der Waals surface area contributed by atoms with Crippen molar-refractivity contribution in [1.82, 2.24) is 4.90 Å². The van der Waals surface area contributed by atoms with Crippen LogP contribution in [0.15, 0.2) is 28.7 Å². The molecule has 3 atom stereocenters. The normalized spacial score (nSPS) is 25.6. The molecule has 1 aliphatic heterocycles. The summed E-state index contributed by atoms with van der Waals surface area (Å²) in [6.45, 7) is 4.33. The Morgan fingerprint density at radius 1 is 1.50 bits per heavy atom. The molecule has 112 valence electrons. The zero-order valence-electron chi connectivity index (χ0n) is 11.7. The van der Waals surface area contributed by atoms with Crippen LogP contribution in [-0.2, 0) is 4.74 Å². The summed E-state index contributed by atoms with van der Waals surface area (Å²) in [6, 6.07) is 8.10. The van der Waals surface area contributed by atoms with Crippen LogP contribution in [0.4, 0.5) is 0 Å². The number of hydrogen-bond acceptors (Lipinski definition) is 4. The van der Waals surface area contributed by atoms with Crippen molar-refractivity contribution in [3.05, 3.63) is 34.3 Å². The maximum atomic E-state index is 10.3. The van der Waals surface area contributed by atoms with E-state index in [0.29, 0.717) is 19.1 Å². The molecule has 5 heteroatoms. The SMILES string of the molecule is CC1COC(CO)CN1CCC(O)c1cccc(Br)c1. The van der Waals surface area contributed by atoms with Crippen molar-refractivity contribution in [3.8, 4) is 0 Å². The van der Waals surface area contributed by atoms with E-state index in [0.717, 1.165) is 23.1 Å². The largest absolute Gasteiger partial charge is 0.394 e. The molecule has 0 bridgehead atoms. The van der Waals surface area contributed by atoms with E-state index < -0.39 is 6.10 Å². The molecule has 0 spiro atoms. The van der Waals surface area contributed by atoms with E-state index >= 15 is 0 Å². The van der Waals surface area contributed by atoms with E-state index in [2.05, 4.69) is 27.8 Å². The van der Waals surface area contributed by atoms with E-state index in [1.807, 2.05) is 24.3 Å². The molecule has 1 aliphatic rings. The van der Waals surface area contributed by atoms with Crippen molar-refractivity contribution in [3.63, 3.8) is 0 Å². The molecule has 0 aliphatic carbocycles. The van der Waals surface area contributed by atoms with Gasteiger partial charge in [0.05, 0.1) is 25.4 Å². The minimum atomic E-state index is -0.463. The molecular weight excluding hydrogens is 322 g/mol. The molecule has 0 radical (unpaired) electrons. The molecule has 2 N–H and O–H groups in total. The van der Waals surface area contributed by atoms with Gasteiger partial charge in [-0.25, -0.2) is 0 Å². The van der Waals surface area contributed by atoms with Gasteiger partial charge in [-0.1, -0.05) is 28.1 Å². The van der Waals surface area contributed by atoms with Gasteiger partial charge >= 0.3 is 0 Å². The highest BCUT2D eigenvalue weighted by atomic mass is 79.9. The summed E-state index contributed by atoms with van der Waals surface area (Å²) >= 11 is 3.42. The lowest BCUT2D eigenvalue weighted by Crippen LogP contribution is -2.49. The fraction of sp³-hybridized carbons (Fsp3) is 0.600. The molecule has 1 aromatic rings. The maximum absolute atomic E-state index is 10.3. The van der Waals surface area contributed by atoms with Crippen molar-refractivity contribution >= 4 is 15.9 Å². The fourth-order valence-corrected chi connectivity index (χ4v) is 2.88. The van der Waals surface area contributed by atoms with Crippen molar-refractivity contribution in [2.75, 3.05) is 26.3 Å². The number of aliphatic hydroxyl groups excluding tert-OH is 2. The quantitative estimate of drug-likeness (QED) is 0.857. The van der Waals surface area contributed by atoms with Gasteiger partial charge in [0, 0.05) is 23.6 Å². The van der Waals surface area contributed by atoms with Gasteiger partial charge in [0.2, 0.25) is 0 Å². The van der Waals surface area contributed by atoms with Crippen molar-refractivity contribution in [2.45, 2.75) is 31.6 Å². The molecule has 1 saturated heterocycles. The number of hydrogen-bond donors (Lipinski definition) is 2. The van der Waals surface area contributed by atoms with E-state index in [-0.39, 0.29) is 12.7 Å². The average molecular weight is 344 g/mol. The molecule has 1 aromatic carbocycles. The number of benzene rings is 1. The molecule has 20 heavy (non-hydrogen) atoms. The Balaban J connectivity index is 1.87. The van der Waals surface area contributed by atoms with E-state index in [9.17, 15) is 10.2 Å². The topological polar surface area (TPSA) is 52.9 Å². The first kappa shape index (κ1) is 15.9. The Labute approximate surface area is 128 Å². The lowest BCUT2D eigenvalue weighted by molar-refractivity contribution is -0.0800. The highest BCUT2D eigenvalue weighted by molar-refractivity contribution is 9.10. The third-order valence-corrected chi connectivity index (χ3v) is 4.25. The van der Waals surface area contributed by atoms with Crippen LogP contribution < -0.4 is 0 Å². The van der Waals surface area contributed by atoms with Gasteiger partial charge in [0.15, 0.2) is 0 Å². The number of aliphatic hydroxyl groups is 2. The average Bonchev–Trinajstić information content (AvgIpc) is 2.46. The van der Waals surface area contributed by atoms with Crippen LogP contribution in [0.2, 0.25) is 0 Å². The van der Waals surface area contributed by atoms with Gasteiger partial charge < -0.3 is 14.9 Å². The number of ether oxygens (including phenoxy) is 1. The summed E-state index contributed by atoms with van der Waals surface area (Å²) in [7, 11) is 0. The van der Waals surface area contributed by atoms with Crippen LogP contribution in [0.25, 0.3) is 0 Å². The molecule has 1 heterocycles. The van der Waals surface area contributed by atoms with Crippen LogP contribution in [0.3, 0.4) is 0 Å². The molecule has 2 rings (SSSR count). The Hall–Kier alpha value is -0.460. The van der Waals surface area contributed by atoms with Crippen LogP contribution in [-0.4, -0.2) is 53.6 Å². The predicted molar refractivity (Wildman–Crippen MR) is 81.6 cm³/mol. The zero-order chi connectivity index (χ0) is 14.5. The second-order valence-corrected chi connectivity index (χ2v) is 6.26. The molecule has 3 unspecified atom stereocenters. The van der Waals surface area contributed by atoms with Crippen molar-refractivity contribution < 1.29 is 14.9 Å². The third kappa shape index (κ3) is 4.27. The molecule has 0 aromatic heterocycles. The van der Waals surface area contributed by atoms with Gasteiger partial charge in [-0.3, -0.25) is 4.90 Å². The Kier molecular flexibility index (Phi) is 5.99. The molecule has 0 saturated carbocycles. The van der Waals surface area contributed by atoms with E-state index in [1.54, 1.807) is 0 Å². The lowest BCUT2D eigenvalue weighted by Gasteiger charge is -2.37. The summed E-state index contributed by atoms with van der Waals surface area (Å²) in [6.07, 6.45) is 0.114. The standard InChI is InChI=1S/C15H22BrNO3/c1-11-10-20-14(9-18)8-17(11)6-5-15(19)12-3-2-4-13(16)7-12/h2-4,7,11,14-15,18-19H,5-6,8-10H2,1H3. The lowest BCUT2D eigenvalue weighted by atomic mass is 10.1. The Bertz CT molecular complexity index is 429. The highest BCUT2D eigenvalue weighted by Gasteiger charge is 2.25. The Morgan fingerprint density at radius 2 is 2.30 bits per heavy atom. The van der Waals surface area contributed by atoms with Crippen LogP contribution in [0.1, 0.15) is 25.0 Å². The summed E-state index contributed by atoms with van der Waals surface area (Å²) in [4.78, 5) is 2.27. The van der Waals surface area contributed by atoms with Crippen LogP contribution in [0, 0.1) is 0 Å². The van der Waals surface area contributed by atoms with Gasteiger partial charge in [-0.15, -0.1) is 0 Å². The zero-order valence-corrected chi connectivity index (χ0v) is 13.3. The fourth-order valence-electron chi connectivity index (χ4n) is 2.47. The third-order valence-electron chi connectivity index (χ3n) is 3.76. The minimum Gasteiger partial charge on any atom is -0.394 e. The first-order chi connectivity index (χ1) is 9.60. The van der Waals surface area contributed by atoms with Gasteiger partial charge in [-0.2, -0.15) is 0 Å². The second-order valence-electron chi connectivity index (χ2n) is 5.34. The van der Waals surface area contributed by atoms with Gasteiger partial charge in [-0.05, 0) is 31.0 Å². The number of rotatable bonds is 5. The number of morpholine rings is 1. The molecule has 4 nitrogen and oxygen atoms in total. The minimum absolute atomic E-state index is 0.0530. The molecular formula is C15H22BrNO3. The Morgan fingerprint density at radius 3 is 3.00 bits per heavy atom. The summed E-state index contributed by atoms with van der Waals surface area (Å²) in [5.41, 5.74) is 0.930. The first-order valence-corrected chi connectivity index (χ1v) is 7.79. The smallest absolute Gasteiger partial charge is 0.0933 e. The maximum Gasteiger partial charge on any atom is 0.0933 e. The molecule has 0 amide bonds. The van der Waals surface area contributed by atoms with Crippen molar-refractivity contribution in [2.24, 2.45) is 0 Å². The van der Waals surface area contributed by atoms with E-state index in [4.69, 9.17) is 4.74 Å². The van der Waals surface area contributed by atoms with Gasteiger partial charge in [0.1, 0.15) is 0 Å². The van der Waals surface area contributed by atoms with Crippen LogP contribution in [0.5, 0.6) is 0 Å². The summed E-state index contributed by atoms with van der Waals surface area (Å²) < 4.78 is 6.50. The number of halogens is 1.